The monoisotopic (exact) mass is 242 g/mol. The summed E-state index contributed by atoms with van der Waals surface area (Å²) in [6, 6.07) is 0. The van der Waals surface area contributed by atoms with Gasteiger partial charge < -0.3 is 15.0 Å². The van der Waals surface area contributed by atoms with E-state index in [1.165, 1.54) is 44.9 Å². The zero-order valence-corrected chi connectivity index (χ0v) is 11.7. The maximum Gasteiger partial charge on any atom is 0.0594 e. The second-order valence-electron chi connectivity index (χ2n) is 5.39. The summed E-state index contributed by atoms with van der Waals surface area (Å²) in [6.07, 6.45) is 9.85. The largest absolute Gasteiger partial charge is 0.377 e. The summed E-state index contributed by atoms with van der Waals surface area (Å²) in [5, 5.41) is 3.44. The van der Waals surface area contributed by atoms with E-state index < -0.39 is 0 Å². The third-order valence-electron chi connectivity index (χ3n) is 3.39. The molecule has 0 saturated heterocycles. The molecule has 0 aromatic heterocycles. The van der Waals surface area contributed by atoms with Crippen LogP contribution in [0.4, 0.5) is 0 Å². The molecule has 0 radical (unpaired) electrons. The molecule has 0 aliphatic heterocycles. The number of nitrogens with one attached hydrogen (secondary N) is 1. The van der Waals surface area contributed by atoms with Crippen molar-refractivity contribution in [3.05, 3.63) is 0 Å². The summed E-state index contributed by atoms with van der Waals surface area (Å²) in [6.45, 7) is 4.15. The predicted molar refractivity (Wildman–Crippen MR) is 73.5 cm³/mol. The Kier molecular flexibility index (Phi) is 8.67. The van der Waals surface area contributed by atoms with Crippen molar-refractivity contribution < 1.29 is 4.74 Å². The normalized spacial score (nSPS) is 18.5. The van der Waals surface area contributed by atoms with Crippen LogP contribution in [0.3, 0.4) is 0 Å². The molecule has 1 saturated carbocycles. The number of rotatable bonds is 8. The second kappa shape index (κ2) is 9.86. The zero-order chi connectivity index (χ0) is 12.3. The summed E-state index contributed by atoms with van der Waals surface area (Å²) in [5.74, 6) is 0. The standard InChI is InChI=1S/C14H30N2O/c1-16(2)12-7-10-15-11-13-17-14-8-5-3-4-6-9-14/h14-15H,3-13H2,1-2H3. The molecule has 0 spiro atoms. The van der Waals surface area contributed by atoms with Crippen LogP contribution in [-0.4, -0.2) is 51.3 Å². The quantitative estimate of drug-likeness (QED) is 0.522. The molecule has 1 rings (SSSR count). The van der Waals surface area contributed by atoms with Gasteiger partial charge in [0.1, 0.15) is 0 Å². The Morgan fingerprint density at radius 3 is 2.41 bits per heavy atom. The van der Waals surface area contributed by atoms with Gasteiger partial charge in [-0.2, -0.15) is 0 Å². The van der Waals surface area contributed by atoms with E-state index in [1.807, 2.05) is 0 Å². The van der Waals surface area contributed by atoms with Gasteiger partial charge in [0.2, 0.25) is 0 Å². The first-order valence-corrected chi connectivity index (χ1v) is 7.26. The predicted octanol–water partition coefficient (Wildman–Crippen LogP) is 2.27. The molecular weight excluding hydrogens is 212 g/mol. The first-order chi connectivity index (χ1) is 8.29. The van der Waals surface area contributed by atoms with Gasteiger partial charge in [-0.1, -0.05) is 25.7 Å². The highest BCUT2D eigenvalue weighted by Gasteiger charge is 2.11. The molecule has 0 atom stereocenters. The molecular formula is C14H30N2O. The van der Waals surface area contributed by atoms with Crippen LogP contribution in [0.2, 0.25) is 0 Å². The third kappa shape index (κ3) is 8.58. The van der Waals surface area contributed by atoms with Gasteiger partial charge in [0.05, 0.1) is 12.7 Å². The van der Waals surface area contributed by atoms with Gasteiger partial charge in [-0.05, 0) is 46.4 Å². The molecule has 0 aromatic carbocycles. The van der Waals surface area contributed by atoms with Gasteiger partial charge in [-0.15, -0.1) is 0 Å². The van der Waals surface area contributed by atoms with Crippen LogP contribution < -0.4 is 5.32 Å². The van der Waals surface area contributed by atoms with E-state index >= 15 is 0 Å². The maximum absolute atomic E-state index is 5.92. The van der Waals surface area contributed by atoms with Crippen molar-refractivity contribution >= 4 is 0 Å². The summed E-state index contributed by atoms with van der Waals surface area (Å²) in [4.78, 5) is 2.23. The molecule has 1 aliphatic carbocycles. The van der Waals surface area contributed by atoms with Gasteiger partial charge in [0.15, 0.2) is 0 Å². The van der Waals surface area contributed by atoms with E-state index in [-0.39, 0.29) is 0 Å². The zero-order valence-electron chi connectivity index (χ0n) is 11.7. The first kappa shape index (κ1) is 14.9. The number of ether oxygens (including phenoxy) is 1. The molecule has 0 bridgehead atoms. The van der Waals surface area contributed by atoms with Crippen LogP contribution >= 0.6 is 0 Å². The van der Waals surface area contributed by atoms with E-state index in [2.05, 4.69) is 24.3 Å². The van der Waals surface area contributed by atoms with Crippen LogP contribution in [0.25, 0.3) is 0 Å². The summed E-state index contributed by atoms with van der Waals surface area (Å²) in [7, 11) is 4.24. The maximum atomic E-state index is 5.92. The molecule has 1 fully saturated rings. The minimum atomic E-state index is 0.543. The molecule has 1 aliphatic rings. The Bertz CT molecular complexity index is 166. The van der Waals surface area contributed by atoms with Crippen LogP contribution in [-0.2, 0) is 4.74 Å². The average Bonchev–Trinajstić information content (AvgIpc) is 2.56. The SMILES string of the molecule is CN(C)CCCNCCOC1CCCCCC1. The molecule has 17 heavy (non-hydrogen) atoms. The highest BCUT2D eigenvalue weighted by molar-refractivity contribution is 4.64. The lowest BCUT2D eigenvalue weighted by Gasteiger charge is -2.15. The Morgan fingerprint density at radius 1 is 1.06 bits per heavy atom. The highest BCUT2D eigenvalue weighted by atomic mass is 16.5. The van der Waals surface area contributed by atoms with Crippen molar-refractivity contribution in [1.29, 1.82) is 0 Å². The van der Waals surface area contributed by atoms with Crippen molar-refractivity contribution in [2.75, 3.05) is 40.3 Å². The average molecular weight is 242 g/mol. The Balaban J connectivity index is 1.86. The third-order valence-corrected chi connectivity index (χ3v) is 3.39. The van der Waals surface area contributed by atoms with Crippen LogP contribution in [0.15, 0.2) is 0 Å². The van der Waals surface area contributed by atoms with Gasteiger partial charge in [-0.25, -0.2) is 0 Å². The molecule has 0 heterocycles. The lowest BCUT2D eigenvalue weighted by Crippen LogP contribution is -2.26. The van der Waals surface area contributed by atoms with E-state index in [1.54, 1.807) is 0 Å². The summed E-state index contributed by atoms with van der Waals surface area (Å²) >= 11 is 0. The van der Waals surface area contributed by atoms with Gasteiger partial charge in [-0.3, -0.25) is 0 Å². The van der Waals surface area contributed by atoms with Crippen LogP contribution in [0.5, 0.6) is 0 Å². The molecule has 0 aromatic rings. The molecule has 3 nitrogen and oxygen atoms in total. The van der Waals surface area contributed by atoms with Crippen molar-refractivity contribution in [1.82, 2.24) is 10.2 Å². The van der Waals surface area contributed by atoms with Crippen molar-refractivity contribution in [2.45, 2.75) is 51.0 Å². The Hall–Kier alpha value is -0.120. The van der Waals surface area contributed by atoms with E-state index in [9.17, 15) is 0 Å². The molecule has 102 valence electrons. The second-order valence-corrected chi connectivity index (χ2v) is 5.39. The van der Waals surface area contributed by atoms with Gasteiger partial charge in [0, 0.05) is 6.54 Å². The minimum Gasteiger partial charge on any atom is -0.377 e. The van der Waals surface area contributed by atoms with Crippen molar-refractivity contribution in [2.24, 2.45) is 0 Å². The number of nitrogens with zero attached hydrogens (tertiary/aromatic N) is 1. The fourth-order valence-electron chi connectivity index (χ4n) is 2.35. The van der Waals surface area contributed by atoms with Gasteiger partial charge >= 0.3 is 0 Å². The number of hydrogen-bond donors (Lipinski definition) is 1. The molecule has 1 N–H and O–H groups in total. The fourth-order valence-corrected chi connectivity index (χ4v) is 2.35. The van der Waals surface area contributed by atoms with Crippen molar-refractivity contribution in [3.8, 4) is 0 Å². The van der Waals surface area contributed by atoms with E-state index in [0.717, 1.165) is 26.2 Å². The van der Waals surface area contributed by atoms with E-state index in [0.29, 0.717) is 6.10 Å². The highest BCUT2D eigenvalue weighted by Crippen LogP contribution is 2.19. The topological polar surface area (TPSA) is 24.5 Å². The lowest BCUT2D eigenvalue weighted by molar-refractivity contribution is 0.0452. The fraction of sp³-hybridized carbons (Fsp3) is 1.00. The lowest BCUT2D eigenvalue weighted by atomic mass is 10.1. The molecule has 0 amide bonds. The summed E-state index contributed by atoms with van der Waals surface area (Å²) < 4.78 is 5.92. The first-order valence-electron chi connectivity index (χ1n) is 7.26. The number of hydrogen-bond acceptors (Lipinski definition) is 3. The summed E-state index contributed by atoms with van der Waals surface area (Å²) in [5.41, 5.74) is 0. The van der Waals surface area contributed by atoms with Crippen LogP contribution in [0.1, 0.15) is 44.9 Å². The molecule has 0 unspecified atom stereocenters. The smallest absolute Gasteiger partial charge is 0.0594 e. The van der Waals surface area contributed by atoms with Crippen molar-refractivity contribution in [3.63, 3.8) is 0 Å². The Morgan fingerprint density at radius 2 is 1.76 bits per heavy atom. The Labute approximate surface area is 107 Å². The van der Waals surface area contributed by atoms with Crippen LogP contribution in [0, 0.1) is 0 Å². The molecule has 3 heteroatoms. The van der Waals surface area contributed by atoms with Gasteiger partial charge in [0.25, 0.3) is 0 Å². The minimum absolute atomic E-state index is 0.543. The van der Waals surface area contributed by atoms with E-state index in [4.69, 9.17) is 4.74 Å².